The summed E-state index contributed by atoms with van der Waals surface area (Å²) in [6.45, 7) is 3.33. The maximum Gasteiger partial charge on any atom is 0.422 e. The van der Waals surface area contributed by atoms with Gasteiger partial charge < -0.3 is 10.1 Å². The Kier molecular flexibility index (Phi) is 4.74. The minimum atomic E-state index is -4.33. The van der Waals surface area contributed by atoms with E-state index in [2.05, 4.69) is 15.0 Å². The molecule has 1 N–H and O–H groups in total. The monoisotopic (exact) mass is 248 g/mol. The van der Waals surface area contributed by atoms with Crippen LogP contribution in [0.2, 0.25) is 0 Å². The fourth-order valence-electron chi connectivity index (χ4n) is 1.08. The van der Waals surface area contributed by atoms with Crippen LogP contribution in [0.3, 0.4) is 0 Å². The van der Waals surface area contributed by atoms with E-state index in [4.69, 9.17) is 0 Å². The first-order chi connectivity index (χ1) is 7.87. The molecule has 3 nitrogen and oxygen atoms in total. The minimum absolute atomic E-state index is 0.0179. The van der Waals surface area contributed by atoms with Crippen molar-refractivity contribution in [3.05, 3.63) is 23.9 Å². The van der Waals surface area contributed by atoms with Crippen molar-refractivity contribution in [2.75, 3.05) is 6.61 Å². The number of halogens is 3. The summed E-state index contributed by atoms with van der Waals surface area (Å²) in [4.78, 5) is 3.80. The number of nitrogens with one attached hydrogen (secondary N) is 1. The molecule has 0 aliphatic carbocycles. The van der Waals surface area contributed by atoms with Crippen molar-refractivity contribution in [2.45, 2.75) is 32.6 Å². The number of aromatic nitrogens is 1. The molecular weight excluding hydrogens is 233 g/mol. The molecule has 6 heteroatoms. The highest BCUT2D eigenvalue weighted by atomic mass is 19.4. The molecule has 0 atom stereocenters. The number of rotatable bonds is 5. The van der Waals surface area contributed by atoms with Gasteiger partial charge in [-0.15, -0.1) is 0 Å². The summed E-state index contributed by atoms with van der Waals surface area (Å²) in [6, 6.07) is 3.47. The Morgan fingerprint density at radius 3 is 2.53 bits per heavy atom. The molecule has 0 saturated heterocycles. The molecule has 0 fully saturated rings. The topological polar surface area (TPSA) is 34.1 Å². The molecule has 0 amide bonds. The molecule has 0 radical (unpaired) electrons. The maximum atomic E-state index is 11.9. The van der Waals surface area contributed by atoms with Crippen LogP contribution < -0.4 is 10.1 Å². The van der Waals surface area contributed by atoms with E-state index >= 15 is 0 Å². The summed E-state index contributed by atoms with van der Waals surface area (Å²) < 4.78 is 40.1. The van der Waals surface area contributed by atoms with Gasteiger partial charge >= 0.3 is 6.18 Å². The van der Waals surface area contributed by atoms with Crippen molar-refractivity contribution in [3.8, 4) is 5.88 Å². The average Bonchev–Trinajstić information content (AvgIpc) is 2.24. The van der Waals surface area contributed by atoms with Crippen LogP contribution in [0.1, 0.15) is 19.4 Å². The first-order valence-corrected chi connectivity index (χ1v) is 5.24. The highest BCUT2D eigenvalue weighted by Gasteiger charge is 2.28. The molecule has 0 bridgehead atoms. The quantitative estimate of drug-likeness (QED) is 0.869. The zero-order valence-electron chi connectivity index (χ0n) is 9.71. The second-order valence-electron chi connectivity index (χ2n) is 3.94. The Labute approximate surface area is 98.0 Å². The summed E-state index contributed by atoms with van der Waals surface area (Å²) in [5.41, 5.74) is 0.901. The van der Waals surface area contributed by atoms with E-state index in [1.165, 1.54) is 12.3 Å². The molecular formula is C11H15F3N2O. The van der Waals surface area contributed by atoms with Crippen molar-refractivity contribution in [1.29, 1.82) is 0 Å². The van der Waals surface area contributed by atoms with Gasteiger partial charge in [0.05, 0.1) is 0 Å². The molecule has 0 unspecified atom stereocenters. The molecule has 1 aromatic heterocycles. The molecule has 0 aromatic carbocycles. The Morgan fingerprint density at radius 1 is 1.35 bits per heavy atom. The third-order valence-electron chi connectivity index (χ3n) is 1.90. The van der Waals surface area contributed by atoms with Crippen molar-refractivity contribution in [1.82, 2.24) is 10.3 Å². The lowest BCUT2D eigenvalue weighted by Gasteiger charge is -2.10. The predicted octanol–water partition coefficient (Wildman–Crippen LogP) is 2.52. The van der Waals surface area contributed by atoms with Crippen molar-refractivity contribution in [3.63, 3.8) is 0 Å². The number of hydrogen-bond donors (Lipinski definition) is 1. The average molecular weight is 248 g/mol. The van der Waals surface area contributed by atoms with Crippen molar-refractivity contribution >= 4 is 0 Å². The van der Waals surface area contributed by atoms with Crippen LogP contribution in [0.15, 0.2) is 18.3 Å². The van der Waals surface area contributed by atoms with Gasteiger partial charge in [-0.05, 0) is 5.56 Å². The van der Waals surface area contributed by atoms with Crippen molar-refractivity contribution < 1.29 is 17.9 Å². The largest absolute Gasteiger partial charge is 0.468 e. The summed E-state index contributed by atoms with van der Waals surface area (Å²) >= 11 is 0. The van der Waals surface area contributed by atoms with Crippen LogP contribution in [0.4, 0.5) is 13.2 Å². The molecule has 0 saturated carbocycles. The lowest BCUT2D eigenvalue weighted by molar-refractivity contribution is -0.154. The second kappa shape index (κ2) is 5.86. The second-order valence-corrected chi connectivity index (χ2v) is 3.94. The molecule has 1 heterocycles. The number of pyridine rings is 1. The lowest BCUT2D eigenvalue weighted by atomic mass is 10.2. The van der Waals surface area contributed by atoms with Gasteiger partial charge in [0.15, 0.2) is 6.61 Å². The minimum Gasteiger partial charge on any atom is -0.468 e. The Bertz CT molecular complexity index is 336. The zero-order valence-corrected chi connectivity index (χ0v) is 9.71. The van der Waals surface area contributed by atoms with Gasteiger partial charge in [-0.1, -0.05) is 19.9 Å². The zero-order chi connectivity index (χ0) is 12.9. The number of hydrogen-bond acceptors (Lipinski definition) is 3. The number of nitrogens with zero attached hydrogens (tertiary/aromatic N) is 1. The molecule has 0 aliphatic rings. The van der Waals surface area contributed by atoms with Gasteiger partial charge in [0.2, 0.25) is 5.88 Å². The summed E-state index contributed by atoms with van der Waals surface area (Å²) in [7, 11) is 0. The third kappa shape index (κ3) is 6.11. The highest BCUT2D eigenvalue weighted by Crippen LogP contribution is 2.16. The van der Waals surface area contributed by atoms with Crippen LogP contribution in [0, 0.1) is 0 Å². The maximum absolute atomic E-state index is 11.9. The van der Waals surface area contributed by atoms with Crippen LogP contribution in [-0.2, 0) is 6.54 Å². The van der Waals surface area contributed by atoms with Crippen LogP contribution >= 0.6 is 0 Å². The summed E-state index contributed by atoms with van der Waals surface area (Å²) in [5.74, 6) is -0.0179. The SMILES string of the molecule is CC(C)NCc1ccc(OCC(F)(F)F)nc1. The first-order valence-electron chi connectivity index (χ1n) is 5.24. The highest BCUT2D eigenvalue weighted by molar-refractivity contribution is 5.17. The van der Waals surface area contributed by atoms with Crippen molar-refractivity contribution in [2.24, 2.45) is 0 Å². The molecule has 0 aliphatic heterocycles. The van der Waals surface area contributed by atoms with E-state index in [1.54, 1.807) is 6.07 Å². The lowest BCUT2D eigenvalue weighted by Crippen LogP contribution is -2.22. The van der Waals surface area contributed by atoms with Gasteiger partial charge in [0.25, 0.3) is 0 Å². The van der Waals surface area contributed by atoms with Crippen LogP contribution in [-0.4, -0.2) is 23.8 Å². The Balaban J connectivity index is 2.45. The molecule has 17 heavy (non-hydrogen) atoms. The third-order valence-corrected chi connectivity index (χ3v) is 1.90. The Hall–Kier alpha value is -1.30. The Morgan fingerprint density at radius 2 is 2.06 bits per heavy atom. The van der Waals surface area contributed by atoms with E-state index in [-0.39, 0.29) is 5.88 Å². The molecule has 1 rings (SSSR count). The normalized spacial score (nSPS) is 11.9. The van der Waals surface area contributed by atoms with Crippen LogP contribution in [0.25, 0.3) is 0 Å². The number of alkyl halides is 3. The van der Waals surface area contributed by atoms with Gasteiger partial charge in [-0.2, -0.15) is 13.2 Å². The van der Waals surface area contributed by atoms with E-state index in [1.807, 2.05) is 13.8 Å². The van der Waals surface area contributed by atoms with Gasteiger partial charge in [-0.25, -0.2) is 4.98 Å². The standard InChI is InChI=1S/C11H15F3N2O/c1-8(2)15-5-9-3-4-10(16-6-9)17-7-11(12,13)14/h3-4,6,8,15H,5,7H2,1-2H3. The van der Waals surface area contributed by atoms with Gasteiger partial charge in [0.1, 0.15) is 0 Å². The molecule has 96 valence electrons. The van der Waals surface area contributed by atoms with E-state index in [0.29, 0.717) is 12.6 Å². The van der Waals surface area contributed by atoms with Crippen LogP contribution in [0.5, 0.6) is 5.88 Å². The smallest absolute Gasteiger partial charge is 0.422 e. The summed E-state index contributed by atoms with van der Waals surface area (Å²) in [6.07, 6.45) is -2.83. The number of ether oxygens (including phenoxy) is 1. The van der Waals surface area contributed by atoms with Gasteiger partial charge in [0, 0.05) is 24.8 Å². The van der Waals surface area contributed by atoms with E-state index in [9.17, 15) is 13.2 Å². The molecule has 1 aromatic rings. The summed E-state index contributed by atoms with van der Waals surface area (Å²) in [5, 5.41) is 3.18. The molecule has 0 spiro atoms. The first kappa shape index (κ1) is 13.8. The fraction of sp³-hybridized carbons (Fsp3) is 0.545. The van der Waals surface area contributed by atoms with Gasteiger partial charge in [-0.3, -0.25) is 0 Å². The predicted molar refractivity (Wildman–Crippen MR) is 57.8 cm³/mol. The van der Waals surface area contributed by atoms with E-state index in [0.717, 1.165) is 5.56 Å². The fourth-order valence-corrected chi connectivity index (χ4v) is 1.08. The van der Waals surface area contributed by atoms with E-state index < -0.39 is 12.8 Å².